The maximum atomic E-state index is 12.1. The van der Waals surface area contributed by atoms with Crippen LogP contribution in [0, 0.1) is 13.8 Å². The number of H-pyrrole nitrogens is 1. The van der Waals surface area contributed by atoms with Gasteiger partial charge in [-0.25, -0.2) is 0 Å². The second-order valence-corrected chi connectivity index (χ2v) is 5.63. The van der Waals surface area contributed by atoms with E-state index in [2.05, 4.69) is 20.4 Å². The van der Waals surface area contributed by atoms with Gasteiger partial charge in [-0.15, -0.1) is 0 Å². The zero-order valence-corrected chi connectivity index (χ0v) is 13.4. The Bertz CT molecular complexity index is 836. The number of carbonyl (C=O) groups is 1. The molecular weight excluding hydrogens is 316 g/mol. The number of hydrogen-bond donors (Lipinski definition) is 2. The van der Waals surface area contributed by atoms with Gasteiger partial charge in [-0.3, -0.25) is 4.79 Å². The first-order valence-corrected chi connectivity index (χ1v) is 7.43. The van der Waals surface area contributed by atoms with E-state index in [0.29, 0.717) is 22.3 Å². The third-order valence-electron chi connectivity index (χ3n) is 3.36. The molecule has 0 unspecified atom stereocenters. The minimum absolute atomic E-state index is 0.170. The maximum Gasteiger partial charge on any atom is 0.253 e. The summed E-state index contributed by atoms with van der Waals surface area (Å²) in [6.07, 6.45) is 0. The molecule has 3 rings (SSSR count). The first-order valence-electron chi connectivity index (χ1n) is 7.06. The molecule has 0 saturated heterocycles. The Balaban J connectivity index is 1.66. The molecular formula is C16H15ClN4O2. The maximum absolute atomic E-state index is 12.1. The molecule has 6 nitrogen and oxygen atoms in total. The molecule has 0 aliphatic carbocycles. The van der Waals surface area contributed by atoms with E-state index >= 15 is 0 Å². The van der Waals surface area contributed by atoms with Gasteiger partial charge >= 0.3 is 0 Å². The molecule has 118 valence electrons. The van der Waals surface area contributed by atoms with Gasteiger partial charge in [0, 0.05) is 22.0 Å². The topological polar surface area (TPSA) is 83.8 Å². The molecule has 2 heterocycles. The molecule has 0 fully saturated rings. The summed E-state index contributed by atoms with van der Waals surface area (Å²) in [5, 5.41) is 7.31. The van der Waals surface area contributed by atoms with Gasteiger partial charge in [0.2, 0.25) is 11.7 Å². The largest absolute Gasteiger partial charge is 0.362 e. The van der Waals surface area contributed by atoms with Gasteiger partial charge in [0.25, 0.3) is 5.91 Å². The third kappa shape index (κ3) is 3.43. The number of aromatic nitrogens is 3. The van der Waals surface area contributed by atoms with E-state index < -0.39 is 0 Å². The number of halogens is 1. The molecule has 23 heavy (non-hydrogen) atoms. The number of aromatic amines is 1. The van der Waals surface area contributed by atoms with Crippen molar-refractivity contribution in [1.29, 1.82) is 0 Å². The number of nitrogens with one attached hydrogen (secondary N) is 2. The van der Waals surface area contributed by atoms with E-state index in [1.807, 2.05) is 26.0 Å². The van der Waals surface area contributed by atoms with Gasteiger partial charge < -0.3 is 14.8 Å². The van der Waals surface area contributed by atoms with Crippen molar-refractivity contribution in [3.05, 3.63) is 58.2 Å². The monoisotopic (exact) mass is 330 g/mol. The van der Waals surface area contributed by atoms with Crippen LogP contribution in [-0.4, -0.2) is 21.0 Å². The molecule has 0 bridgehead atoms. The number of benzene rings is 1. The Hall–Kier alpha value is -2.60. The summed E-state index contributed by atoms with van der Waals surface area (Å²) >= 11 is 5.85. The average molecular weight is 331 g/mol. The van der Waals surface area contributed by atoms with Gasteiger partial charge in [0.15, 0.2) is 0 Å². The zero-order chi connectivity index (χ0) is 16.4. The number of amides is 1. The summed E-state index contributed by atoms with van der Waals surface area (Å²) in [6, 6.07) is 8.93. The fourth-order valence-corrected chi connectivity index (χ4v) is 2.38. The van der Waals surface area contributed by atoms with Gasteiger partial charge in [-0.05, 0) is 44.2 Å². The molecule has 0 atom stereocenters. The second-order valence-electron chi connectivity index (χ2n) is 5.19. The minimum atomic E-state index is -0.182. The summed E-state index contributed by atoms with van der Waals surface area (Å²) < 4.78 is 5.15. The quantitative estimate of drug-likeness (QED) is 0.769. The van der Waals surface area contributed by atoms with Crippen molar-refractivity contribution in [3.63, 3.8) is 0 Å². The van der Waals surface area contributed by atoms with E-state index in [0.717, 1.165) is 17.0 Å². The van der Waals surface area contributed by atoms with Crippen LogP contribution in [0.1, 0.15) is 27.6 Å². The van der Waals surface area contributed by atoms with Crippen LogP contribution in [0.5, 0.6) is 0 Å². The summed E-state index contributed by atoms with van der Waals surface area (Å²) in [6.45, 7) is 3.93. The number of aryl methyl sites for hydroxylation is 2. The highest BCUT2D eigenvalue weighted by Crippen LogP contribution is 2.18. The molecule has 0 aliphatic rings. The van der Waals surface area contributed by atoms with Crippen molar-refractivity contribution in [2.75, 3.05) is 0 Å². The number of hydrogen-bond acceptors (Lipinski definition) is 4. The summed E-state index contributed by atoms with van der Waals surface area (Å²) in [4.78, 5) is 19.5. The first-order chi connectivity index (χ1) is 11.0. The van der Waals surface area contributed by atoms with Crippen LogP contribution in [0.2, 0.25) is 5.02 Å². The van der Waals surface area contributed by atoms with Crippen LogP contribution < -0.4 is 5.32 Å². The average Bonchev–Trinajstić information content (AvgIpc) is 3.12. The minimum Gasteiger partial charge on any atom is -0.362 e. The van der Waals surface area contributed by atoms with Crippen LogP contribution in [0.4, 0.5) is 0 Å². The molecule has 2 aromatic heterocycles. The predicted octanol–water partition coefficient (Wildman–Crippen LogP) is 3.26. The van der Waals surface area contributed by atoms with E-state index in [4.69, 9.17) is 16.1 Å². The normalized spacial score (nSPS) is 10.7. The molecule has 0 spiro atoms. The molecule has 0 saturated carbocycles. The van der Waals surface area contributed by atoms with E-state index in [-0.39, 0.29) is 12.5 Å². The Labute approximate surface area is 137 Å². The highest BCUT2D eigenvalue weighted by Gasteiger charge is 2.13. The lowest BCUT2D eigenvalue weighted by atomic mass is 10.2. The molecule has 3 aromatic rings. The molecule has 0 aliphatic heterocycles. The number of rotatable bonds is 4. The van der Waals surface area contributed by atoms with E-state index in [9.17, 15) is 4.79 Å². The molecule has 2 N–H and O–H groups in total. The van der Waals surface area contributed by atoms with Crippen molar-refractivity contribution in [2.24, 2.45) is 0 Å². The summed E-state index contributed by atoms with van der Waals surface area (Å²) in [5.74, 6) is 0.617. The Kier molecular flexibility index (Phi) is 4.16. The SMILES string of the molecule is Cc1cc(C(=O)NCc2nc(-c3ccc(Cl)cc3)no2)c(C)[nH]1. The molecule has 0 radical (unpaired) electrons. The second kappa shape index (κ2) is 6.26. The van der Waals surface area contributed by atoms with Crippen LogP contribution in [-0.2, 0) is 6.54 Å². The third-order valence-corrected chi connectivity index (χ3v) is 3.62. The number of carbonyl (C=O) groups excluding carboxylic acids is 1. The standard InChI is InChI=1S/C16H15ClN4O2/c1-9-7-13(10(2)19-9)16(22)18-8-14-20-15(21-23-14)11-3-5-12(17)6-4-11/h3-7,19H,8H2,1-2H3,(H,18,22). The lowest BCUT2D eigenvalue weighted by molar-refractivity contribution is 0.0946. The lowest BCUT2D eigenvalue weighted by Gasteiger charge is -2.00. The molecule has 1 amide bonds. The Morgan fingerprint density at radius 3 is 2.70 bits per heavy atom. The van der Waals surface area contributed by atoms with Gasteiger partial charge in [0.05, 0.1) is 12.1 Å². The highest BCUT2D eigenvalue weighted by molar-refractivity contribution is 6.30. The summed E-state index contributed by atoms with van der Waals surface area (Å²) in [7, 11) is 0. The van der Waals surface area contributed by atoms with Crippen LogP contribution in [0.3, 0.4) is 0 Å². The van der Waals surface area contributed by atoms with E-state index in [1.165, 1.54) is 0 Å². The lowest BCUT2D eigenvalue weighted by Crippen LogP contribution is -2.23. The van der Waals surface area contributed by atoms with Crippen molar-refractivity contribution >= 4 is 17.5 Å². The van der Waals surface area contributed by atoms with Gasteiger partial charge in [0.1, 0.15) is 0 Å². The van der Waals surface area contributed by atoms with Crippen molar-refractivity contribution in [3.8, 4) is 11.4 Å². The van der Waals surface area contributed by atoms with E-state index in [1.54, 1.807) is 18.2 Å². The Morgan fingerprint density at radius 1 is 1.30 bits per heavy atom. The van der Waals surface area contributed by atoms with Crippen LogP contribution >= 0.6 is 11.6 Å². The fraction of sp³-hybridized carbons (Fsp3) is 0.188. The molecule has 7 heteroatoms. The van der Waals surface area contributed by atoms with Crippen LogP contribution in [0.15, 0.2) is 34.9 Å². The number of nitrogens with zero attached hydrogens (tertiary/aromatic N) is 2. The van der Waals surface area contributed by atoms with Gasteiger partial charge in [-0.2, -0.15) is 4.98 Å². The Morgan fingerprint density at radius 2 is 2.04 bits per heavy atom. The van der Waals surface area contributed by atoms with Gasteiger partial charge in [-0.1, -0.05) is 16.8 Å². The van der Waals surface area contributed by atoms with Crippen molar-refractivity contribution in [1.82, 2.24) is 20.4 Å². The van der Waals surface area contributed by atoms with Crippen LogP contribution in [0.25, 0.3) is 11.4 Å². The fourth-order valence-electron chi connectivity index (χ4n) is 2.25. The van der Waals surface area contributed by atoms with Crippen molar-refractivity contribution < 1.29 is 9.32 Å². The highest BCUT2D eigenvalue weighted by atomic mass is 35.5. The van der Waals surface area contributed by atoms with Crippen molar-refractivity contribution in [2.45, 2.75) is 20.4 Å². The smallest absolute Gasteiger partial charge is 0.253 e. The first kappa shape index (κ1) is 15.3. The predicted molar refractivity (Wildman–Crippen MR) is 86.2 cm³/mol. The zero-order valence-electron chi connectivity index (χ0n) is 12.7. The molecule has 1 aromatic carbocycles. The summed E-state index contributed by atoms with van der Waals surface area (Å²) in [5.41, 5.74) is 3.18.